The van der Waals surface area contributed by atoms with Crippen molar-refractivity contribution in [3.8, 4) is 0 Å². The predicted molar refractivity (Wildman–Crippen MR) is 115 cm³/mol. The van der Waals surface area contributed by atoms with E-state index in [9.17, 15) is 9.59 Å². The van der Waals surface area contributed by atoms with Crippen LogP contribution in [0.2, 0.25) is 5.02 Å². The summed E-state index contributed by atoms with van der Waals surface area (Å²) in [5.41, 5.74) is 7.00. The first kappa shape index (κ1) is 22.0. The standard InChI is InChI=1S/C19H23ClN4O3S2/c20-14-3-1-13(2-4-14)9-24-5-6-27-16(10-24)8-22-18(26)12-29-19-23-15(11-28-19)7-17(21)25/h1-4,11,16H,5-10,12H2,(H2,21,25)(H,22,26). The van der Waals surface area contributed by atoms with Gasteiger partial charge in [-0.15, -0.1) is 11.3 Å². The third kappa shape index (κ3) is 7.60. The molecule has 1 aromatic carbocycles. The van der Waals surface area contributed by atoms with E-state index in [1.807, 2.05) is 24.3 Å². The molecule has 1 aliphatic heterocycles. The highest BCUT2D eigenvalue weighted by Gasteiger charge is 2.21. The second-order valence-corrected chi connectivity index (χ2v) is 9.21. The highest BCUT2D eigenvalue weighted by Crippen LogP contribution is 2.22. The molecule has 0 radical (unpaired) electrons. The van der Waals surface area contributed by atoms with Crippen LogP contribution in [-0.2, 0) is 27.3 Å². The van der Waals surface area contributed by atoms with Crippen LogP contribution in [-0.4, -0.2) is 59.8 Å². The van der Waals surface area contributed by atoms with E-state index in [-0.39, 0.29) is 24.2 Å². The Morgan fingerprint density at radius 3 is 2.93 bits per heavy atom. The molecule has 0 spiro atoms. The summed E-state index contributed by atoms with van der Waals surface area (Å²) in [6.45, 7) is 3.57. The quantitative estimate of drug-likeness (QED) is 0.562. The van der Waals surface area contributed by atoms with Gasteiger partial charge in [0.1, 0.15) is 0 Å². The first-order valence-corrected chi connectivity index (χ1v) is 11.4. The van der Waals surface area contributed by atoms with Crippen LogP contribution < -0.4 is 11.1 Å². The molecule has 1 saturated heterocycles. The number of amides is 2. The molecule has 1 aliphatic rings. The third-order valence-corrected chi connectivity index (χ3v) is 6.60. The van der Waals surface area contributed by atoms with Gasteiger partial charge in [0.2, 0.25) is 11.8 Å². The Kier molecular flexibility index (Phi) is 8.31. The molecule has 0 saturated carbocycles. The highest BCUT2D eigenvalue weighted by molar-refractivity contribution is 8.01. The smallest absolute Gasteiger partial charge is 0.230 e. The molecule has 1 unspecified atom stereocenters. The molecule has 2 heterocycles. The molecule has 7 nitrogen and oxygen atoms in total. The number of hydrogen-bond acceptors (Lipinski definition) is 7. The fourth-order valence-corrected chi connectivity index (χ4v) is 4.72. The van der Waals surface area contributed by atoms with E-state index in [4.69, 9.17) is 22.1 Å². The first-order chi connectivity index (χ1) is 14.0. The highest BCUT2D eigenvalue weighted by atomic mass is 35.5. The van der Waals surface area contributed by atoms with Gasteiger partial charge in [0, 0.05) is 36.6 Å². The van der Waals surface area contributed by atoms with Gasteiger partial charge in [-0.2, -0.15) is 0 Å². The Morgan fingerprint density at radius 1 is 1.38 bits per heavy atom. The Morgan fingerprint density at radius 2 is 2.17 bits per heavy atom. The number of thioether (sulfide) groups is 1. The number of carbonyl (C=O) groups excluding carboxylic acids is 2. The second kappa shape index (κ2) is 10.9. The molecule has 1 aromatic heterocycles. The van der Waals surface area contributed by atoms with Crippen molar-refractivity contribution in [1.82, 2.24) is 15.2 Å². The lowest BCUT2D eigenvalue weighted by Gasteiger charge is -2.33. The van der Waals surface area contributed by atoms with Gasteiger partial charge in [-0.3, -0.25) is 14.5 Å². The van der Waals surface area contributed by atoms with Crippen LogP contribution in [0.4, 0.5) is 0 Å². The summed E-state index contributed by atoms with van der Waals surface area (Å²) in [7, 11) is 0. The number of hydrogen-bond donors (Lipinski definition) is 2. The van der Waals surface area contributed by atoms with Crippen LogP contribution in [0.1, 0.15) is 11.3 Å². The zero-order valence-electron chi connectivity index (χ0n) is 15.8. The van der Waals surface area contributed by atoms with Crippen molar-refractivity contribution in [2.24, 2.45) is 5.73 Å². The molecule has 2 amide bonds. The van der Waals surface area contributed by atoms with Crippen LogP contribution in [0.3, 0.4) is 0 Å². The summed E-state index contributed by atoms with van der Waals surface area (Å²) in [5.74, 6) is -0.215. The predicted octanol–water partition coefficient (Wildman–Crippen LogP) is 1.93. The van der Waals surface area contributed by atoms with E-state index < -0.39 is 5.91 Å². The molecule has 1 fully saturated rings. The number of ether oxygens (including phenoxy) is 1. The Balaban J connectivity index is 1.37. The number of rotatable bonds is 9. The minimum absolute atomic E-state index is 0.0352. The fraction of sp³-hybridized carbons (Fsp3) is 0.421. The van der Waals surface area contributed by atoms with E-state index in [2.05, 4.69) is 15.2 Å². The normalized spacial score (nSPS) is 17.2. The molecule has 3 rings (SSSR count). The molecule has 3 N–H and O–H groups in total. The maximum atomic E-state index is 12.1. The lowest BCUT2D eigenvalue weighted by molar-refractivity contribution is -0.120. The van der Waals surface area contributed by atoms with Gasteiger partial charge in [0.05, 0.1) is 30.6 Å². The van der Waals surface area contributed by atoms with Gasteiger partial charge in [-0.05, 0) is 17.7 Å². The van der Waals surface area contributed by atoms with Gasteiger partial charge < -0.3 is 15.8 Å². The molecular formula is C19H23ClN4O3S2. The van der Waals surface area contributed by atoms with Gasteiger partial charge in [-0.25, -0.2) is 4.98 Å². The molecular weight excluding hydrogens is 432 g/mol. The minimum atomic E-state index is -0.415. The number of nitrogens with zero attached hydrogens (tertiary/aromatic N) is 2. The number of nitrogens with one attached hydrogen (secondary N) is 1. The van der Waals surface area contributed by atoms with Crippen molar-refractivity contribution >= 4 is 46.5 Å². The van der Waals surface area contributed by atoms with Crippen molar-refractivity contribution in [2.75, 3.05) is 32.0 Å². The average molecular weight is 455 g/mol. The maximum Gasteiger partial charge on any atom is 0.230 e. The number of halogens is 1. The number of primary amides is 1. The van der Waals surface area contributed by atoms with E-state index >= 15 is 0 Å². The van der Waals surface area contributed by atoms with Crippen molar-refractivity contribution in [1.29, 1.82) is 0 Å². The maximum absolute atomic E-state index is 12.1. The summed E-state index contributed by atoms with van der Waals surface area (Å²) < 4.78 is 6.53. The Bertz CT molecular complexity index is 831. The summed E-state index contributed by atoms with van der Waals surface area (Å²) in [5, 5.41) is 5.45. The van der Waals surface area contributed by atoms with E-state index in [1.165, 1.54) is 28.7 Å². The zero-order valence-corrected chi connectivity index (χ0v) is 18.2. The first-order valence-electron chi connectivity index (χ1n) is 9.18. The van der Waals surface area contributed by atoms with E-state index in [0.717, 1.165) is 29.0 Å². The monoisotopic (exact) mass is 454 g/mol. The molecule has 29 heavy (non-hydrogen) atoms. The Labute approximate surface area is 183 Å². The summed E-state index contributed by atoms with van der Waals surface area (Å²) in [6, 6.07) is 7.84. The summed E-state index contributed by atoms with van der Waals surface area (Å²) >= 11 is 8.69. The number of morpholine rings is 1. The van der Waals surface area contributed by atoms with Crippen LogP contribution in [0, 0.1) is 0 Å². The number of benzene rings is 1. The average Bonchev–Trinajstić information content (AvgIpc) is 3.13. The van der Waals surface area contributed by atoms with Crippen molar-refractivity contribution < 1.29 is 14.3 Å². The zero-order chi connectivity index (χ0) is 20.6. The molecule has 10 heteroatoms. The molecule has 2 aromatic rings. The SMILES string of the molecule is NC(=O)Cc1csc(SCC(=O)NCC2CN(Cc3ccc(Cl)cc3)CCO2)n1. The summed E-state index contributed by atoms with van der Waals surface area (Å²) in [4.78, 5) is 29.7. The lowest BCUT2D eigenvalue weighted by atomic mass is 10.2. The van der Waals surface area contributed by atoms with Crippen LogP contribution in [0.15, 0.2) is 34.0 Å². The van der Waals surface area contributed by atoms with Crippen molar-refractivity contribution in [2.45, 2.75) is 23.4 Å². The number of aromatic nitrogens is 1. The molecule has 0 aliphatic carbocycles. The van der Waals surface area contributed by atoms with Gasteiger partial charge in [0.15, 0.2) is 4.34 Å². The minimum Gasteiger partial charge on any atom is -0.374 e. The molecule has 1 atom stereocenters. The van der Waals surface area contributed by atoms with E-state index in [0.29, 0.717) is 18.8 Å². The summed E-state index contributed by atoms with van der Waals surface area (Å²) in [6.07, 6.45) is 0.0847. The van der Waals surface area contributed by atoms with Crippen molar-refractivity contribution in [3.63, 3.8) is 0 Å². The largest absolute Gasteiger partial charge is 0.374 e. The fourth-order valence-electron chi connectivity index (χ4n) is 2.92. The molecule has 0 bridgehead atoms. The lowest BCUT2D eigenvalue weighted by Crippen LogP contribution is -2.47. The van der Waals surface area contributed by atoms with Crippen LogP contribution in [0.5, 0.6) is 0 Å². The van der Waals surface area contributed by atoms with Gasteiger partial charge in [0.25, 0.3) is 0 Å². The number of nitrogens with two attached hydrogens (primary N) is 1. The third-order valence-electron chi connectivity index (χ3n) is 4.28. The number of thiazole rings is 1. The van der Waals surface area contributed by atoms with E-state index in [1.54, 1.807) is 5.38 Å². The van der Waals surface area contributed by atoms with Gasteiger partial charge >= 0.3 is 0 Å². The van der Waals surface area contributed by atoms with Crippen LogP contribution >= 0.6 is 34.7 Å². The number of carbonyl (C=O) groups is 2. The second-order valence-electron chi connectivity index (χ2n) is 6.69. The van der Waals surface area contributed by atoms with Gasteiger partial charge in [-0.1, -0.05) is 35.5 Å². The van der Waals surface area contributed by atoms with Crippen LogP contribution in [0.25, 0.3) is 0 Å². The Hall–Kier alpha value is -1.65. The van der Waals surface area contributed by atoms with Crippen molar-refractivity contribution in [3.05, 3.63) is 45.9 Å². The molecule has 156 valence electrons. The topological polar surface area (TPSA) is 97.5 Å².